The van der Waals surface area contributed by atoms with Crippen LogP contribution in [0.2, 0.25) is 10.0 Å². The highest BCUT2D eigenvalue weighted by molar-refractivity contribution is 6.41. The number of anilines is 1. The van der Waals surface area contributed by atoms with E-state index in [1.54, 1.807) is 0 Å². The summed E-state index contributed by atoms with van der Waals surface area (Å²) in [5.74, 6) is -1.61. The number of benzene rings is 1. The van der Waals surface area contributed by atoms with Crippen LogP contribution in [0.3, 0.4) is 0 Å². The second kappa shape index (κ2) is 7.85. The highest BCUT2D eigenvalue weighted by atomic mass is 35.5. The molecule has 0 saturated carbocycles. The molecule has 1 aromatic carbocycles. The molecule has 0 aliphatic carbocycles. The predicted molar refractivity (Wildman–Crippen MR) is 91.8 cm³/mol. The minimum Gasteiger partial charge on any atom is -0.478 e. The number of likely N-dealkylation sites (tertiary alicyclic amines) is 1. The van der Waals surface area contributed by atoms with Gasteiger partial charge in [0.25, 0.3) is 0 Å². The Kier molecular flexibility index (Phi) is 6.07. The minimum atomic E-state index is -1.23. The molecule has 1 atom stereocenters. The number of carbonyl (C=O) groups is 3. The summed E-state index contributed by atoms with van der Waals surface area (Å²) in [6.45, 7) is 2.31. The Labute approximate surface area is 149 Å². The fraction of sp³-hybridized carbons (Fsp3) is 0.438. The summed E-state index contributed by atoms with van der Waals surface area (Å²) in [4.78, 5) is 37.1. The summed E-state index contributed by atoms with van der Waals surface area (Å²) in [5.41, 5.74) is -0.182. The van der Waals surface area contributed by atoms with Gasteiger partial charge in [-0.15, -0.1) is 0 Å². The van der Waals surface area contributed by atoms with Crippen LogP contribution in [0.15, 0.2) is 12.1 Å². The van der Waals surface area contributed by atoms with Crippen LogP contribution in [0.5, 0.6) is 0 Å². The maximum absolute atomic E-state index is 12.4. The highest BCUT2D eigenvalue weighted by Crippen LogP contribution is 2.34. The van der Waals surface area contributed by atoms with Gasteiger partial charge in [0.2, 0.25) is 5.91 Å². The van der Waals surface area contributed by atoms with E-state index in [0.717, 1.165) is 30.6 Å². The van der Waals surface area contributed by atoms with E-state index in [-0.39, 0.29) is 33.1 Å². The number of carbonyl (C=O) groups excluding carboxylic acids is 2. The number of hydrogen-bond donors (Lipinski definition) is 2. The van der Waals surface area contributed by atoms with Crippen molar-refractivity contribution >= 4 is 46.8 Å². The average molecular weight is 373 g/mol. The first-order valence-corrected chi connectivity index (χ1v) is 8.46. The van der Waals surface area contributed by atoms with Crippen LogP contribution < -0.4 is 5.32 Å². The van der Waals surface area contributed by atoms with Gasteiger partial charge in [-0.3, -0.25) is 9.69 Å². The first-order valence-electron chi connectivity index (χ1n) is 7.70. The van der Waals surface area contributed by atoms with E-state index in [9.17, 15) is 14.4 Å². The van der Waals surface area contributed by atoms with E-state index in [1.807, 2.05) is 6.92 Å². The smallest absolute Gasteiger partial charge is 0.337 e. The molecule has 1 unspecified atom stereocenters. The summed E-state index contributed by atoms with van der Waals surface area (Å²) < 4.78 is 0. The van der Waals surface area contributed by atoms with Crippen LogP contribution in [0.1, 0.15) is 43.0 Å². The lowest BCUT2D eigenvalue weighted by Gasteiger charge is -2.31. The van der Waals surface area contributed by atoms with Gasteiger partial charge in [0, 0.05) is 12.5 Å². The largest absolute Gasteiger partial charge is 0.478 e. The Morgan fingerprint density at radius 1 is 1.38 bits per heavy atom. The van der Waals surface area contributed by atoms with Gasteiger partial charge in [-0.25, -0.2) is 9.59 Å². The van der Waals surface area contributed by atoms with Gasteiger partial charge in [0.15, 0.2) is 0 Å². The van der Waals surface area contributed by atoms with E-state index in [2.05, 4.69) is 5.32 Å². The van der Waals surface area contributed by atoms with Gasteiger partial charge in [-0.1, -0.05) is 36.5 Å². The fourth-order valence-electron chi connectivity index (χ4n) is 2.77. The standard InChI is InChI=1S/C16H18Cl2N2O4/c1-2-4-9-5-3-8-20(14(9)21)16(24)19-13-11(17)7-6-10(12(13)18)15(22)23/h6-7,9H,2-5,8H2,1H3,(H,19,24)(H,22,23). The molecule has 0 radical (unpaired) electrons. The number of halogens is 2. The zero-order valence-corrected chi connectivity index (χ0v) is 14.7. The van der Waals surface area contributed by atoms with Crippen molar-refractivity contribution in [3.63, 3.8) is 0 Å². The third-order valence-corrected chi connectivity index (χ3v) is 4.69. The molecule has 6 nitrogen and oxygen atoms in total. The molecule has 3 amide bonds. The first-order chi connectivity index (χ1) is 11.4. The molecule has 1 aliphatic rings. The molecular weight excluding hydrogens is 355 g/mol. The maximum atomic E-state index is 12.4. The maximum Gasteiger partial charge on any atom is 0.337 e. The number of urea groups is 1. The number of nitrogens with zero attached hydrogens (tertiary/aromatic N) is 1. The molecule has 8 heteroatoms. The Morgan fingerprint density at radius 3 is 2.71 bits per heavy atom. The second-order valence-corrected chi connectivity index (χ2v) is 6.42. The third kappa shape index (κ3) is 3.82. The predicted octanol–water partition coefficient (Wildman–Crippen LogP) is 4.26. The van der Waals surface area contributed by atoms with Crippen molar-refractivity contribution in [1.29, 1.82) is 0 Å². The molecule has 2 N–H and O–H groups in total. The normalized spacial score (nSPS) is 17.7. The van der Waals surface area contributed by atoms with E-state index in [4.69, 9.17) is 28.3 Å². The zero-order valence-electron chi connectivity index (χ0n) is 13.1. The molecule has 1 fully saturated rings. The summed E-state index contributed by atoms with van der Waals surface area (Å²) in [5, 5.41) is 11.5. The Bertz CT molecular complexity index is 676. The minimum absolute atomic E-state index is 0.00588. The van der Waals surface area contributed by atoms with E-state index in [0.29, 0.717) is 6.54 Å². The number of piperidine rings is 1. The number of aromatic carboxylic acids is 1. The monoisotopic (exact) mass is 372 g/mol. The average Bonchev–Trinajstić information content (AvgIpc) is 2.53. The molecule has 1 heterocycles. The van der Waals surface area contributed by atoms with Gasteiger partial charge < -0.3 is 10.4 Å². The van der Waals surface area contributed by atoms with Crippen molar-refractivity contribution in [2.75, 3.05) is 11.9 Å². The lowest BCUT2D eigenvalue weighted by molar-refractivity contribution is -0.135. The van der Waals surface area contributed by atoms with Crippen molar-refractivity contribution in [1.82, 2.24) is 4.90 Å². The molecule has 1 aromatic rings. The van der Waals surface area contributed by atoms with Crippen LogP contribution >= 0.6 is 23.2 Å². The second-order valence-electron chi connectivity index (χ2n) is 5.64. The molecule has 0 bridgehead atoms. The summed E-state index contributed by atoms with van der Waals surface area (Å²) in [7, 11) is 0. The molecular formula is C16H18Cl2N2O4. The van der Waals surface area contributed by atoms with Gasteiger partial charge in [0.05, 0.1) is 21.3 Å². The fourth-order valence-corrected chi connectivity index (χ4v) is 3.32. The highest BCUT2D eigenvalue weighted by Gasteiger charge is 2.32. The van der Waals surface area contributed by atoms with Crippen LogP contribution in [-0.2, 0) is 4.79 Å². The Balaban J connectivity index is 2.22. The van der Waals surface area contributed by atoms with Crippen LogP contribution in [0, 0.1) is 5.92 Å². The number of imide groups is 1. The third-order valence-electron chi connectivity index (χ3n) is 3.99. The molecule has 130 valence electrons. The summed E-state index contributed by atoms with van der Waals surface area (Å²) in [6, 6.07) is 1.95. The van der Waals surface area contributed by atoms with Gasteiger partial charge >= 0.3 is 12.0 Å². The van der Waals surface area contributed by atoms with E-state index < -0.39 is 12.0 Å². The van der Waals surface area contributed by atoms with Gasteiger partial charge in [-0.2, -0.15) is 0 Å². The van der Waals surface area contributed by atoms with Crippen molar-refractivity contribution in [2.24, 2.45) is 5.92 Å². The van der Waals surface area contributed by atoms with Crippen LogP contribution in [-0.4, -0.2) is 34.5 Å². The SMILES string of the molecule is CCCC1CCCN(C(=O)Nc2c(Cl)ccc(C(=O)O)c2Cl)C1=O. The first kappa shape index (κ1) is 18.5. The molecule has 1 aliphatic heterocycles. The number of carboxylic acids is 1. The van der Waals surface area contributed by atoms with Crippen LogP contribution in [0.4, 0.5) is 10.5 Å². The molecule has 24 heavy (non-hydrogen) atoms. The molecule has 1 saturated heterocycles. The van der Waals surface area contributed by atoms with Crippen molar-refractivity contribution in [3.8, 4) is 0 Å². The van der Waals surface area contributed by atoms with E-state index in [1.165, 1.54) is 12.1 Å². The van der Waals surface area contributed by atoms with Gasteiger partial charge in [0.1, 0.15) is 0 Å². The Morgan fingerprint density at radius 2 is 2.08 bits per heavy atom. The molecule has 0 spiro atoms. The van der Waals surface area contributed by atoms with Crippen molar-refractivity contribution in [3.05, 3.63) is 27.7 Å². The quantitative estimate of drug-likeness (QED) is 0.826. The number of hydrogen-bond acceptors (Lipinski definition) is 3. The summed E-state index contributed by atoms with van der Waals surface area (Å²) in [6.07, 6.45) is 3.11. The molecule has 0 aromatic heterocycles. The number of rotatable bonds is 4. The lowest BCUT2D eigenvalue weighted by atomic mass is 9.93. The number of nitrogens with one attached hydrogen (secondary N) is 1. The van der Waals surface area contributed by atoms with Gasteiger partial charge in [-0.05, 0) is 31.4 Å². The topological polar surface area (TPSA) is 86.7 Å². The summed E-state index contributed by atoms with van der Waals surface area (Å²) >= 11 is 12.0. The van der Waals surface area contributed by atoms with Crippen molar-refractivity contribution < 1.29 is 19.5 Å². The van der Waals surface area contributed by atoms with E-state index >= 15 is 0 Å². The van der Waals surface area contributed by atoms with Crippen molar-refractivity contribution in [2.45, 2.75) is 32.6 Å². The lowest BCUT2D eigenvalue weighted by Crippen LogP contribution is -2.47. The Hall–Kier alpha value is -1.79. The number of amides is 3. The number of carboxylic acid groups (broad SMARTS) is 1. The van der Waals surface area contributed by atoms with Crippen LogP contribution in [0.25, 0.3) is 0 Å². The molecule has 2 rings (SSSR count). The zero-order chi connectivity index (χ0) is 17.9.